The van der Waals surface area contributed by atoms with Gasteiger partial charge in [0.1, 0.15) is 11.5 Å². The summed E-state index contributed by atoms with van der Waals surface area (Å²) in [5.74, 6) is 0.121. The number of hydrogen-bond acceptors (Lipinski definition) is 2. The molecule has 2 aromatic carbocycles. The molecule has 0 aliphatic rings. The highest BCUT2D eigenvalue weighted by atomic mass is 35.5. The number of benzene rings is 2. The summed E-state index contributed by atoms with van der Waals surface area (Å²) in [6.45, 7) is 1.65. The van der Waals surface area contributed by atoms with Gasteiger partial charge < -0.3 is 9.84 Å². The minimum absolute atomic E-state index is 0.351. The molecule has 3 nitrogen and oxygen atoms in total. The first-order chi connectivity index (χ1) is 10.1. The van der Waals surface area contributed by atoms with Crippen LogP contribution in [0.1, 0.15) is 24.3 Å². The molecular weight excluding hydrogens is 288 g/mol. The van der Waals surface area contributed by atoms with Crippen molar-refractivity contribution in [2.24, 2.45) is 5.92 Å². The molecule has 0 aromatic heterocycles. The first-order valence-electron chi connectivity index (χ1n) is 6.76. The van der Waals surface area contributed by atoms with Crippen LogP contribution in [0.3, 0.4) is 0 Å². The number of ether oxygens (including phenoxy) is 1. The van der Waals surface area contributed by atoms with Crippen LogP contribution in [0, 0.1) is 5.92 Å². The molecule has 0 heterocycles. The molecule has 0 spiro atoms. The quantitative estimate of drug-likeness (QED) is 0.774. The number of rotatable bonds is 6. The molecule has 2 atom stereocenters. The van der Waals surface area contributed by atoms with E-state index in [-0.39, 0.29) is 5.38 Å². The Hall–Kier alpha value is -2.00. The Bertz CT molecular complexity index is 598. The van der Waals surface area contributed by atoms with Gasteiger partial charge in [0.05, 0.1) is 11.3 Å². The Morgan fingerprint density at radius 2 is 1.81 bits per heavy atom. The van der Waals surface area contributed by atoms with Crippen LogP contribution in [0.5, 0.6) is 11.5 Å². The Morgan fingerprint density at radius 3 is 2.48 bits per heavy atom. The SMILES string of the molecule is CC(CC(Cl)c1cccc(Oc2ccccc2)c1)C(=O)O. The van der Waals surface area contributed by atoms with E-state index in [0.717, 1.165) is 11.3 Å². The summed E-state index contributed by atoms with van der Waals surface area (Å²) in [6, 6.07) is 16.9. The smallest absolute Gasteiger partial charge is 0.306 e. The van der Waals surface area contributed by atoms with Crippen LogP contribution >= 0.6 is 11.6 Å². The second-order valence-electron chi connectivity index (χ2n) is 4.93. The van der Waals surface area contributed by atoms with Crippen LogP contribution in [0.4, 0.5) is 0 Å². The average Bonchev–Trinajstić information content (AvgIpc) is 2.48. The molecule has 2 rings (SSSR count). The zero-order valence-electron chi connectivity index (χ0n) is 11.7. The Balaban J connectivity index is 2.08. The van der Waals surface area contributed by atoms with Crippen LogP contribution in [0.2, 0.25) is 0 Å². The normalized spacial score (nSPS) is 13.4. The predicted molar refractivity (Wildman–Crippen MR) is 83.0 cm³/mol. The van der Waals surface area contributed by atoms with E-state index in [1.807, 2.05) is 54.6 Å². The lowest BCUT2D eigenvalue weighted by Gasteiger charge is -2.14. The van der Waals surface area contributed by atoms with Crippen molar-refractivity contribution in [3.8, 4) is 11.5 Å². The summed E-state index contributed by atoms with van der Waals surface area (Å²) < 4.78 is 5.75. The molecule has 0 aliphatic heterocycles. The number of halogens is 1. The molecule has 2 unspecified atom stereocenters. The van der Waals surface area contributed by atoms with Crippen molar-refractivity contribution >= 4 is 17.6 Å². The van der Waals surface area contributed by atoms with Gasteiger partial charge in [-0.1, -0.05) is 37.3 Å². The van der Waals surface area contributed by atoms with Gasteiger partial charge in [0.2, 0.25) is 0 Å². The van der Waals surface area contributed by atoms with Crippen molar-refractivity contribution in [3.05, 3.63) is 60.2 Å². The largest absolute Gasteiger partial charge is 0.481 e. The van der Waals surface area contributed by atoms with Gasteiger partial charge in [-0.3, -0.25) is 4.79 Å². The van der Waals surface area contributed by atoms with Crippen molar-refractivity contribution < 1.29 is 14.6 Å². The molecule has 0 radical (unpaired) electrons. The molecule has 0 aliphatic carbocycles. The van der Waals surface area contributed by atoms with E-state index in [9.17, 15) is 4.79 Å². The molecule has 21 heavy (non-hydrogen) atoms. The van der Waals surface area contributed by atoms with Gasteiger partial charge in [-0.25, -0.2) is 0 Å². The second kappa shape index (κ2) is 7.14. The summed E-state index contributed by atoms with van der Waals surface area (Å²) in [4.78, 5) is 10.9. The molecule has 1 N–H and O–H groups in total. The van der Waals surface area contributed by atoms with E-state index in [0.29, 0.717) is 12.2 Å². The summed E-state index contributed by atoms with van der Waals surface area (Å²) in [5.41, 5.74) is 0.859. The van der Waals surface area contributed by atoms with Crippen molar-refractivity contribution in [2.75, 3.05) is 0 Å². The maximum absolute atomic E-state index is 10.9. The molecule has 0 saturated carbocycles. The minimum Gasteiger partial charge on any atom is -0.481 e. The summed E-state index contributed by atoms with van der Waals surface area (Å²) in [7, 11) is 0. The molecule has 0 fully saturated rings. The molecule has 0 bridgehead atoms. The zero-order chi connectivity index (χ0) is 15.2. The van der Waals surface area contributed by atoms with Gasteiger partial charge in [0.25, 0.3) is 0 Å². The fourth-order valence-electron chi connectivity index (χ4n) is 1.94. The standard InChI is InChI=1S/C17H17ClO3/c1-12(17(19)20)10-16(18)13-6-5-9-15(11-13)21-14-7-3-2-4-8-14/h2-9,11-12,16H,10H2,1H3,(H,19,20). The summed E-state index contributed by atoms with van der Waals surface area (Å²) >= 11 is 6.30. The molecular formula is C17H17ClO3. The maximum Gasteiger partial charge on any atom is 0.306 e. The number of aliphatic carboxylic acids is 1. The third-order valence-corrected chi connectivity index (χ3v) is 3.61. The lowest BCUT2D eigenvalue weighted by atomic mass is 10.0. The van der Waals surface area contributed by atoms with E-state index in [1.54, 1.807) is 6.92 Å². The number of alkyl halides is 1. The summed E-state index contributed by atoms with van der Waals surface area (Å²) in [6.07, 6.45) is 0.381. The second-order valence-corrected chi connectivity index (χ2v) is 5.46. The third kappa shape index (κ3) is 4.50. The maximum atomic E-state index is 10.9. The molecule has 0 saturated heterocycles. The Labute approximate surface area is 129 Å². The topological polar surface area (TPSA) is 46.5 Å². The predicted octanol–water partition coefficient (Wildman–Crippen LogP) is 4.87. The van der Waals surface area contributed by atoms with Gasteiger partial charge in [-0.05, 0) is 36.2 Å². The van der Waals surface area contributed by atoms with Crippen molar-refractivity contribution in [1.82, 2.24) is 0 Å². The average molecular weight is 305 g/mol. The number of carboxylic acid groups (broad SMARTS) is 1. The number of hydrogen-bond donors (Lipinski definition) is 1. The van der Waals surface area contributed by atoms with E-state index in [4.69, 9.17) is 21.4 Å². The fourth-order valence-corrected chi connectivity index (χ4v) is 2.35. The summed E-state index contributed by atoms with van der Waals surface area (Å²) in [5, 5.41) is 8.59. The lowest BCUT2D eigenvalue weighted by Crippen LogP contribution is -2.11. The number of para-hydroxylation sites is 1. The van der Waals surface area contributed by atoms with E-state index in [1.165, 1.54) is 0 Å². The highest BCUT2D eigenvalue weighted by molar-refractivity contribution is 6.20. The third-order valence-electron chi connectivity index (χ3n) is 3.18. The van der Waals surface area contributed by atoms with Crippen LogP contribution in [0.25, 0.3) is 0 Å². The Kier molecular flexibility index (Phi) is 5.23. The monoisotopic (exact) mass is 304 g/mol. The highest BCUT2D eigenvalue weighted by Gasteiger charge is 2.18. The van der Waals surface area contributed by atoms with Crippen molar-refractivity contribution in [1.29, 1.82) is 0 Å². The zero-order valence-corrected chi connectivity index (χ0v) is 12.5. The first kappa shape index (κ1) is 15.4. The number of carboxylic acids is 1. The fraction of sp³-hybridized carbons (Fsp3) is 0.235. The van der Waals surface area contributed by atoms with Crippen LogP contribution in [-0.4, -0.2) is 11.1 Å². The van der Waals surface area contributed by atoms with Gasteiger partial charge >= 0.3 is 5.97 Å². The van der Waals surface area contributed by atoms with Crippen LogP contribution in [-0.2, 0) is 4.79 Å². The van der Waals surface area contributed by atoms with Gasteiger partial charge in [0.15, 0.2) is 0 Å². The van der Waals surface area contributed by atoms with Crippen molar-refractivity contribution in [3.63, 3.8) is 0 Å². The molecule has 4 heteroatoms. The molecule has 2 aromatic rings. The first-order valence-corrected chi connectivity index (χ1v) is 7.19. The van der Waals surface area contributed by atoms with Gasteiger partial charge in [-0.2, -0.15) is 0 Å². The highest BCUT2D eigenvalue weighted by Crippen LogP contribution is 2.31. The number of carbonyl (C=O) groups is 1. The van der Waals surface area contributed by atoms with E-state index < -0.39 is 11.9 Å². The lowest BCUT2D eigenvalue weighted by molar-refractivity contribution is -0.141. The van der Waals surface area contributed by atoms with E-state index in [2.05, 4.69) is 0 Å². The van der Waals surface area contributed by atoms with Gasteiger partial charge in [-0.15, -0.1) is 11.6 Å². The molecule has 0 amide bonds. The minimum atomic E-state index is -0.836. The Morgan fingerprint density at radius 1 is 1.14 bits per heavy atom. The van der Waals surface area contributed by atoms with Gasteiger partial charge in [0, 0.05) is 0 Å². The van der Waals surface area contributed by atoms with Crippen molar-refractivity contribution in [2.45, 2.75) is 18.7 Å². The van der Waals surface area contributed by atoms with Crippen LogP contribution < -0.4 is 4.74 Å². The molecule has 110 valence electrons. The van der Waals surface area contributed by atoms with Crippen LogP contribution in [0.15, 0.2) is 54.6 Å². The van der Waals surface area contributed by atoms with E-state index >= 15 is 0 Å².